The molecule has 0 amide bonds. The Balaban J connectivity index is 1.95. The highest BCUT2D eigenvalue weighted by Gasteiger charge is 2.08. The van der Waals surface area contributed by atoms with E-state index in [-0.39, 0.29) is 5.78 Å². The molecule has 0 fully saturated rings. The molecule has 0 radical (unpaired) electrons. The molecule has 22 heavy (non-hydrogen) atoms. The Morgan fingerprint density at radius 3 is 2.36 bits per heavy atom. The fraction of sp³-hybridized carbons (Fsp3) is 0.316. The molecule has 3 nitrogen and oxygen atoms in total. The maximum Gasteiger partial charge on any atom is 0.167 e. The SMILES string of the molecule is Cc1ccccc1CC(=O)c1ccc(OCCN(C)C)cc1. The second kappa shape index (κ2) is 7.76. The highest BCUT2D eigenvalue weighted by molar-refractivity contribution is 5.97. The molecule has 0 saturated heterocycles. The smallest absolute Gasteiger partial charge is 0.167 e. The number of Topliss-reactive ketones (excluding diaryl/α,β-unsaturated/α-hetero) is 1. The van der Waals surface area contributed by atoms with Gasteiger partial charge in [-0.1, -0.05) is 24.3 Å². The number of carbonyl (C=O) groups excluding carboxylic acids is 1. The molecule has 0 atom stereocenters. The Labute approximate surface area is 132 Å². The first-order valence-electron chi connectivity index (χ1n) is 7.51. The second-order valence-corrected chi connectivity index (χ2v) is 5.70. The molecule has 0 unspecified atom stereocenters. The molecule has 2 rings (SSSR count). The average molecular weight is 297 g/mol. The standard InChI is InChI=1S/C19H23NO2/c1-15-6-4-5-7-17(15)14-19(21)16-8-10-18(11-9-16)22-13-12-20(2)3/h4-11H,12-14H2,1-3H3. The van der Waals surface area contributed by atoms with Gasteiger partial charge in [-0.05, 0) is 56.4 Å². The van der Waals surface area contributed by atoms with Gasteiger partial charge in [0.25, 0.3) is 0 Å². The van der Waals surface area contributed by atoms with Crippen LogP contribution in [0.15, 0.2) is 48.5 Å². The van der Waals surface area contributed by atoms with E-state index in [4.69, 9.17) is 4.74 Å². The Morgan fingerprint density at radius 1 is 1.05 bits per heavy atom. The zero-order valence-corrected chi connectivity index (χ0v) is 13.5. The van der Waals surface area contributed by atoms with Crippen LogP contribution in [0.3, 0.4) is 0 Å². The van der Waals surface area contributed by atoms with Crippen LogP contribution in [0.2, 0.25) is 0 Å². The summed E-state index contributed by atoms with van der Waals surface area (Å²) in [6.45, 7) is 3.54. The summed E-state index contributed by atoms with van der Waals surface area (Å²) < 4.78 is 5.64. The number of hydrogen-bond donors (Lipinski definition) is 0. The van der Waals surface area contributed by atoms with Gasteiger partial charge in [0.15, 0.2) is 5.78 Å². The lowest BCUT2D eigenvalue weighted by atomic mass is 9.99. The van der Waals surface area contributed by atoms with Crippen molar-refractivity contribution in [3.63, 3.8) is 0 Å². The summed E-state index contributed by atoms with van der Waals surface area (Å²) in [5.74, 6) is 0.934. The molecule has 2 aromatic rings. The molecule has 0 N–H and O–H groups in total. The number of carbonyl (C=O) groups is 1. The highest BCUT2D eigenvalue weighted by atomic mass is 16.5. The van der Waals surface area contributed by atoms with Gasteiger partial charge in [-0.15, -0.1) is 0 Å². The summed E-state index contributed by atoms with van der Waals surface area (Å²) in [6, 6.07) is 15.4. The minimum atomic E-state index is 0.133. The minimum Gasteiger partial charge on any atom is -0.492 e. The van der Waals surface area contributed by atoms with Gasteiger partial charge in [-0.3, -0.25) is 4.79 Å². The third-order valence-electron chi connectivity index (χ3n) is 3.60. The van der Waals surface area contributed by atoms with Crippen molar-refractivity contribution in [3.8, 4) is 5.75 Å². The van der Waals surface area contributed by atoms with Crippen LogP contribution in [-0.2, 0) is 6.42 Å². The molecule has 0 aliphatic carbocycles. The van der Waals surface area contributed by atoms with Gasteiger partial charge in [0.1, 0.15) is 12.4 Å². The molecular formula is C19H23NO2. The number of ketones is 1. The lowest BCUT2D eigenvalue weighted by Crippen LogP contribution is -2.19. The van der Waals surface area contributed by atoms with Crippen molar-refractivity contribution in [2.75, 3.05) is 27.2 Å². The van der Waals surface area contributed by atoms with Gasteiger partial charge in [0, 0.05) is 18.5 Å². The van der Waals surface area contributed by atoms with Gasteiger partial charge in [-0.25, -0.2) is 0 Å². The average Bonchev–Trinajstić information content (AvgIpc) is 2.50. The predicted molar refractivity (Wildman–Crippen MR) is 89.7 cm³/mol. The Hall–Kier alpha value is -2.13. The van der Waals surface area contributed by atoms with Crippen LogP contribution in [0.5, 0.6) is 5.75 Å². The number of ether oxygens (including phenoxy) is 1. The van der Waals surface area contributed by atoms with Crippen LogP contribution in [0.4, 0.5) is 0 Å². The van der Waals surface area contributed by atoms with E-state index in [9.17, 15) is 4.79 Å². The largest absolute Gasteiger partial charge is 0.492 e. The first-order chi connectivity index (χ1) is 10.6. The second-order valence-electron chi connectivity index (χ2n) is 5.70. The van der Waals surface area contributed by atoms with Gasteiger partial charge in [0.2, 0.25) is 0 Å². The van der Waals surface area contributed by atoms with Crippen molar-refractivity contribution in [1.29, 1.82) is 0 Å². The van der Waals surface area contributed by atoms with Crippen molar-refractivity contribution in [2.45, 2.75) is 13.3 Å². The van der Waals surface area contributed by atoms with E-state index in [1.165, 1.54) is 0 Å². The predicted octanol–water partition coefficient (Wildman–Crippen LogP) is 3.36. The van der Waals surface area contributed by atoms with E-state index < -0.39 is 0 Å². The quantitative estimate of drug-likeness (QED) is 0.734. The van der Waals surface area contributed by atoms with Crippen molar-refractivity contribution in [2.24, 2.45) is 0 Å². The summed E-state index contributed by atoms with van der Waals surface area (Å²) >= 11 is 0. The fourth-order valence-electron chi connectivity index (χ4n) is 2.17. The van der Waals surface area contributed by atoms with E-state index in [0.717, 1.165) is 29.0 Å². The Bertz CT molecular complexity index is 618. The Morgan fingerprint density at radius 2 is 1.73 bits per heavy atom. The molecule has 0 aromatic heterocycles. The zero-order valence-electron chi connectivity index (χ0n) is 13.5. The van der Waals surface area contributed by atoms with E-state index in [1.807, 2.05) is 69.6 Å². The van der Waals surface area contributed by atoms with Gasteiger partial charge in [-0.2, -0.15) is 0 Å². The topological polar surface area (TPSA) is 29.5 Å². The van der Waals surface area contributed by atoms with Gasteiger partial charge >= 0.3 is 0 Å². The van der Waals surface area contributed by atoms with Crippen LogP contribution < -0.4 is 4.74 Å². The van der Waals surface area contributed by atoms with Crippen molar-refractivity contribution < 1.29 is 9.53 Å². The minimum absolute atomic E-state index is 0.133. The molecule has 0 bridgehead atoms. The zero-order chi connectivity index (χ0) is 15.9. The fourth-order valence-corrected chi connectivity index (χ4v) is 2.17. The monoisotopic (exact) mass is 297 g/mol. The van der Waals surface area contributed by atoms with E-state index in [0.29, 0.717) is 13.0 Å². The first-order valence-corrected chi connectivity index (χ1v) is 7.51. The van der Waals surface area contributed by atoms with Crippen LogP contribution in [0.25, 0.3) is 0 Å². The third kappa shape index (κ3) is 4.71. The maximum absolute atomic E-state index is 12.3. The number of aryl methyl sites for hydroxylation is 1. The van der Waals surface area contributed by atoms with Crippen molar-refractivity contribution in [3.05, 3.63) is 65.2 Å². The van der Waals surface area contributed by atoms with E-state index in [2.05, 4.69) is 4.90 Å². The third-order valence-corrected chi connectivity index (χ3v) is 3.60. The molecule has 3 heteroatoms. The molecule has 0 spiro atoms. The molecular weight excluding hydrogens is 274 g/mol. The summed E-state index contributed by atoms with van der Waals surface area (Å²) in [5.41, 5.74) is 2.96. The molecule has 0 aliphatic rings. The summed E-state index contributed by atoms with van der Waals surface area (Å²) in [5, 5.41) is 0. The molecule has 0 aliphatic heterocycles. The first kappa shape index (κ1) is 16.2. The molecule has 0 heterocycles. The summed E-state index contributed by atoms with van der Waals surface area (Å²) in [6.07, 6.45) is 0.438. The molecule has 0 saturated carbocycles. The van der Waals surface area contributed by atoms with E-state index >= 15 is 0 Å². The maximum atomic E-state index is 12.3. The lowest BCUT2D eigenvalue weighted by Gasteiger charge is -2.11. The molecule has 2 aromatic carbocycles. The van der Waals surface area contributed by atoms with Gasteiger partial charge in [0.05, 0.1) is 0 Å². The van der Waals surface area contributed by atoms with Gasteiger partial charge < -0.3 is 9.64 Å². The van der Waals surface area contributed by atoms with Crippen LogP contribution in [-0.4, -0.2) is 37.9 Å². The van der Waals surface area contributed by atoms with Crippen LogP contribution in [0, 0.1) is 6.92 Å². The molecule has 116 valence electrons. The van der Waals surface area contributed by atoms with Crippen molar-refractivity contribution >= 4 is 5.78 Å². The van der Waals surface area contributed by atoms with Crippen LogP contribution in [0.1, 0.15) is 21.5 Å². The number of hydrogen-bond acceptors (Lipinski definition) is 3. The summed E-state index contributed by atoms with van der Waals surface area (Å²) in [7, 11) is 4.02. The number of benzene rings is 2. The number of nitrogens with zero attached hydrogens (tertiary/aromatic N) is 1. The lowest BCUT2D eigenvalue weighted by molar-refractivity contribution is 0.0992. The highest BCUT2D eigenvalue weighted by Crippen LogP contribution is 2.15. The van der Waals surface area contributed by atoms with Crippen molar-refractivity contribution in [1.82, 2.24) is 4.90 Å². The summed E-state index contributed by atoms with van der Waals surface area (Å²) in [4.78, 5) is 14.4. The van der Waals surface area contributed by atoms with E-state index in [1.54, 1.807) is 0 Å². The normalized spacial score (nSPS) is 10.7. The number of likely N-dealkylation sites (N-methyl/N-ethyl adjacent to an activating group) is 1. The van der Waals surface area contributed by atoms with Crippen LogP contribution >= 0.6 is 0 Å². The Kier molecular flexibility index (Phi) is 5.73. The number of rotatable bonds is 7.